The number of nitrogens with one attached hydrogen (secondary N) is 1. The molecule has 0 atom stereocenters. The zero-order valence-electron chi connectivity index (χ0n) is 16.5. The molecule has 0 saturated heterocycles. The van der Waals surface area contributed by atoms with Gasteiger partial charge in [-0.2, -0.15) is 0 Å². The maximum Gasteiger partial charge on any atom is 0.325 e. The smallest absolute Gasteiger partial charge is 0.325 e. The molecule has 0 saturated carbocycles. The van der Waals surface area contributed by atoms with Gasteiger partial charge >= 0.3 is 5.97 Å². The molecule has 27 heavy (non-hydrogen) atoms. The number of hydrogen-bond acceptors (Lipinski definition) is 7. The largest absolute Gasteiger partial charge is 0.464 e. The van der Waals surface area contributed by atoms with Crippen LogP contribution < -0.4 is 5.32 Å². The highest BCUT2D eigenvalue weighted by atomic mass is 16.6. The highest BCUT2D eigenvalue weighted by molar-refractivity contribution is 5.79. The van der Waals surface area contributed by atoms with E-state index in [0.29, 0.717) is 23.6 Å². The first-order valence-electron chi connectivity index (χ1n) is 9.05. The van der Waals surface area contributed by atoms with Gasteiger partial charge in [0.25, 0.3) is 5.69 Å². The zero-order chi connectivity index (χ0) is 20.4. The molecule has 1 aromatic carbocycles. The second-order valence-electron chi connectivity index (χ2n) is 5.62. The monoisotopic (exact) mass is 377 g/mol. The number of hydrogen-bond donors (Lipinski definition) is 1. The van der Waals surface area contributed by atoms with Crippen molar-refractivity contribution < 1.29 is 19.0 Å². The van der Waals surface area contributed by atoms with E-state index in [0.717, 1.165) is 18.4 Å². The van der Waals surface area contributed by atoms with Crippen molar-refractivity contribution in [3.63, 3.8) is 0 Å². The third kappa shape index (κ3) is 6.09. The van der Waals surface area contributed by atoms with Crippen molar-refractivity contribution in [1.82, 2.24) is 5.16 Å². The van der Waals surface area contributed by atoms with Crippen molar-refractivity contribution in [2.45, 2.75) is 47.5 Å². The van der Waals surface area contributed by atoms with Crippen LogP contribution in [0, 0.1) is 24.0 Å². The second kappa shape index (κ2) is 10.9. The van der Waals surface area contributed by atoms with E-state index in [2.05, 4.69) is 10.5 Å². The van der Waals surface area contributed by atoms with Gasteiger partial charge in [0.1, 0.15) is 18.0 Å². The van der Waals surface area contributed by atoms with E-state index >= 15 is 0 Å². The summed E-state index contributed by atoms with van der Waals surface area (Å²) in [6, 6.07) is 4.74. The van der Waals surface area contributed by atoms with Crippen molar-refractivity contribution >= 4 is 17.3 Å². The van der Waals surface area contributed by atoms with Crippen LogP contribution in [0.4, 0.5) is 11.4 Å². The fourth-order valence-electron chi connectivity index (χ4n) is 2.43. The number of unbranched alkanes of at least 4 members (excludes halogenated alkanes) is 1. The van der Waals surface area contributed by atoms with Crippen LogP contribution in [-0.4, -0.2) is 29.2 Å². The number of nitro benzene ring substituents is 1. The lowest BCUT2D eigenvalue weighted by atomic mass is 10.0. The normalized spacial score (nSPS) is 9.96. The third-order valence-electron chi connectivity index (χ3n) is 3.70. The summed E-state index contributed by atoms with van der Waals surface area (Å²) in [6.07, 6.45) is 1.72. The number of carbonyl (C=O) groups excluding carboxylic acids is 1. The Morgan fingerprint density at radius 2 is 2.04 bits per heavy atom. The molecule has 0 bridgehead atoms. The van der Waals surface area contributed by atoms with Gasteiger partial charge in [0, 0.05) is 11.6 Å². The molecule has 2 rings (SSSR count). The van der Waals surface area contributed by atoms with E-state index < -0.39 is 10.9 Å². The predicted octanol–water partition coefficient (Wildman–Crippen LogP) is 4.65. The van der Waals surface area contributed by atoms with Crippen LogP contribution in [0.3, 0.4) is 0 Å². The lowest BCUT2D eigenvalue weighted by Gasteiger charge is -2.09. The van der Waals surface area contributed by atoms with Crippen LogP contribution >= 0.6 is 0 Å². The molecule has 0 amide bonds. The lowest BCUT2D eigenvalue weighted by molar-refractivity contribution is -0.383. The molecule has 0 radical (unpaired) electrons. The first-order valence-corrected chi connectivity index (χ1v) is 9.05. The number of aryl methyl sites for hydroxylation is 2. The Labute approximate surface area is 159 Å². The number of carbonyl (C=O) groups is 1. The predicted molar refractivity (Wildman–Crippen MR) is 104 cm³/mol. The summed E-state index contributed by atoms with van der Waals surface area (Å²) in [5.41, 5.74) is 2.16. The van der Waals surface area contributed by atoms with E-state index in [-0.39, 0.29) is 17.9 Å². The number of nitrogens with zero attached hydrogens (tertiary/aromatic N) is 2. The maximum absolute atomic E-state index is 11.6. The topological polar surface area (TPSA) is 108 Å². The number of aromatic nitrogens is 1. The van der Waals surface area contributed by atoms with Crippen LogP contribution in [0.15, 0.2) is 22.7 Å². The summed E-state index contributed by atoms with van der Waals surface area (Å²) in [5.74, 6) is 0.143. The molecule has 1 heterocycles. The lowest BCUT2D eigenvalue weighted by Crippen LogP contribution is -2.18. The number of esters is 1. The summed E-state index contributed by atoms with van der Waals surface area (Å²) in [6.45, 7) is 9.74. The van der Waals surface area contributed by atoms with Crippen LogP contribution in [0.1, 0.15) is 45.1 Å². The zero-order valence-corrected chi connectivity index (χ0v) is 16.5. The first kappa shape index (κ1) is 22.1. The van der Waals surface area contributed by atoms with Gasteiger partial charge in [0.05, 0.1) is 17.2 Å². The summed E-state index contributed by atoms with van der Waals surface area (Å²) in [4.78, 5) is 22.5. The van der Waals surface area contributed by atoms with Gasteiger partial charge in [-0.25, -0.2) is 0 Å². The summed E-state index contributed by atoms with van der Waals surface area (Å²) in [5, 5.41) is 18.0. The highest BCUT2D eigenvalue weighted by Gasteiger charge is 2.19. The highest BCUT2D eigenvalue weighted by Crippen LogP contribution is 2.33. The number of benzene rings is 1. The number of anilines is 1. The Morgan fingerprint density at radius 1 is 1.33 bits per heavy atom. The van der Waals surface area contributed by atoms with Gasteiger partial charge in [0.2, 0.25) is 0 Å². The van der Waals surface area contributed by atoms with E-state index in [1.165, 1.54) is 6.07 Å². The molecule has 1 N–H and O–H groups in total. The SMILES string of the molecule is CC.CCCCOC(=O)CNc1ccc(-c2c(C)noc2C)cc1[N+](=O)[O-]. The van der Waals surface area contributed by atoms with Crippen molar-refractivity contribution in [3.05, 3.63) is 39.8 Å². The number of nitro groups is 1. The Morgan fingerprint density at radius 3 is 2.59 bits per heavy atom. The molecule has 0 aliphatic rings. The van der Waals surface area contributed by atoms with Gasteiger partial charge in [-0.05, 0) is 31.9 Å². The molecule has 0 aliphatic carbocycles. The minimum Gasteiger partial charge on any atom is -0.464 e. The van der Waals surface area contributed by atoms with Gasteiger partial charge in [-0.15, -0.1) is 0 Å². The number of rotatable bonds is 8. The fourth-order valence-corrected chi connectivity index (χ4v) is 2.43. The fraction of sp³-hybridized carbons (Fsp3) is 0.474. The van der Waals surface area contributed by atoms with Crippen molar-refractivity contribution in [2.24, 2.45) is 0 Å². The van der Waals surface area contributed by atoms with Crippen molar-refractivity contribution in [3.8, 4) is 11.1 Å². The van der Waals surface area contributed by atoms with Crippen LogP contribution in [0.25, 0.3) is 11.1 Å². The molecule has 2 aromatic rings. The molecular weight excluding hydrogens is 350 g/mol. The van der Waals surface area contributed by atoms with E-state index in [1.807, 2.05) is 20.8 Å². The Kier molecular flexibility index (Phi) is 8.98. The molecular formula is C19H27N3O5. The van der Waals surface area contributed by atoms with Crippen LogP contribution in [-0.2, 0) is 9.53 Å². The van der Waals surface area contributed by atoms with Gasteiger partial charge < -0.3 is 14.6 Å². The summed E-state index contributed by atoms with van der Waals surface area (Å²) < 4.78 is 10.1. The molecule has 0 unspecified atom stereocenters. The van der Waals surface area contributed by atoms with Crippen molar-refractivity contribution in [2.75, 3.05) is 18.5 Å². The Bertz CT molecular complexity index is 751. The van der Waals surface area contributed by atoms with Gasteiger partial charge in [-0.1, -0.05) is 38.4 Å². The van der Waals surface area contributed by atoms with Crippen LogP contribution in [0.5, 0.6) is 0 Å². The van der Waals surface area contributed by atoms with Crippen LogP contribution in [0.2, 0.25) is 0 Å². The molecule has 8 heteroatoms. The van der Waals surface area contributed by atoms with Gasteiger partial charge in [0.15, 0.2) is 0 Å². The first-order chi connectivity index (χ1) is 12.9. The molecule has 1 aromatic heterocycles. The molecule has 8 nitrogen and oxygen atoms in total. The quantitative estimate of drug-likeness (QED) is 0.309. The van der Waals surface area contributed by atoms with Gasteiger partial charge in [-0.3, -0.25) is 14.9 Å². The Hall–Kier alpha value is -2.90. The Balaban J connectivity index is 0.00000176. The average Bonchev–Trinajstić information content (AvgIpc) is 3.00. The van der Waals surface area contributed by atoms with E-state index in [1.54, 1.807) is 26.0 Å². The second-order valence-corrected chi connectivity index (χ2v) is 5.62. The molecule has 0 spiro atoms. The standard InChI is InChI=1S/C17H21N3O5.C2H6/c1-4-5-8-24-16(21)10-18-14-7-6-13(9-15(14)20(22)23)17-11(2)19-25-12(17)3;1-2/h6-7,9,18H,4-5,8,10H2,1-3H3;1-2H3. The number of ether oxygens (including phenoxy) is 1. The summed E-state index contributed by atoms with van der Waals surface area (Å²) in [7, 11) is 0. The maximum atomic E-state index is 11.6. The minimum absolute atomic E-state index is 0.126. The minimum atomic E-state index is -0.494. The van der Waals surface area contributed by atoms with E-state index in [9.17, 15) is 14.9 Å². The molecule has 148 valence electrons. The molecule has 0 fully saturated rings. The molecule has 0 aliphatic heterocycles. The summed E-state index contributed by atoms with van der Waals surface area (Å²) >= 11 is 0. The van der Waals surface area contributed by atoms with Crippen molar-refractivity contribution in [1.29, 1.82) is 0 Å². The third-order valence-corrected chi connectivity index (χ3v) is 3.70. The van der Waals surface area contributed by atoms with E-state index in [4.69, 9.17) is 9.26 Å². The average molecular weight is 377 g/mol.